The van der Waals surface area contributed by atoms with E-state index in [2.05, 4.69) is 36.5 Å². The van der Waals surface area contributed by atoms with Crippen LogP contribution in [0.3, 0.4) is 0 Å². The molecular weight excluding hydrogens is 364 g/mol. The number of nitrogens with zero attached hydrogens (tertiary/aromatic N) is 1. The summed E-state index contributed by atoms with van der Waals surface area (Å²) in [6.45, 7) is 6.32. The number of rotatable bonds is 8. The van der Waals surface area contributed by atoms with Crippen molar-refractivity contribution in [3.8, 4) is 0 Å². The van der Waals surface area contributed by atoms with Crippen molar-refractivity contribution in [2.24, 2.45) is 5.10 Å². The molecule has 0 unspecified atom stereocenters. The monoisotopic (exact) mass is 388 g/mol. The molecule has 3 nitrogen and oxygen atoms in total. The maximum absolute atomic E-state index is 12.0. The fourth-order valence-electron chi connectivity index (χ4n) is 2.70. The highest BCUT2D eigenvalue weighted by Crippen LogP contribution is 2.27. The van der Waals surface area contributed by atoms with E-state index < -0.39 is 0 Å². The Kier molecular flexibility index (Phi) is 7.73. The molecule has 2 rings (SSSR count). The maximum Gasteiger partial charge on any atom is 0.250 e. The molecule has 0 saturated heterocycles. The number of nitrogens with one attached hydrogen (secondary N) is 1. The molecule has 0 saturated carbocycles. The molecule has 5 heteroatoms. The average molecular weight is 389 g/mol. The summed E-state index contributed by atoms with van der Waals surface area (Å²) in [5.41, 5.74) is 5.96. The van der Waals surface area contributed by atoms with Gasteiger partial charge in [-0.1, -0.05) is 67.9 Å². The van der Waals surface area contributed by atoms with Gasteiger partial charge in [-0.25, -0.2) is 5.43 Å². The summed E-state index contributed by atoms with van der Waals surface area (Å²) >= 11 is 7.42. The lowest BCUT2D eigenvalue weighted by Crippen LogP contribution is -2.25. The number of amides is 1. The van der Waals surface area contributed by atoms with E-state index in [1.807, 2.05) is 49.4 Å². The first-order valence-electron chi connectivity index (χ1n) is 8.56. The molecule has 0 aliphatic heterocycles. The van der Waals surface area contributed by atoms with E-state index in [9.17, 15) is 4.79 Å². The third-order valence-corrected chi connectivity index (χ3v) is 5.30. The van der Waals surface area contributed by atoms with Gasteiger partial charge >= 0.3 is 0 Å². The van der Waals surface area contributed by atoms with Crippen molar-refractivity contribution in [3.63, 3.8) is 0 Å². The Labute approximate surface area is 165 Å². The normalized spacial score (nSPS) is 12.1. The fourth-order valence-corrected chi connectivity index (χ4v) is 3.61. The van der Waals surface area contributed by atoms with Gasteiger partial charge < -0.3 is 0 Å². The van der Waals surface area contributed by atoms with Gasteiger partial charge in [-0.3, -0.25) is 4.79 Å². The summed E-state index contributed by atoms with van der Waals surface area (Å²) in [5.74, 6) is 1.07. The first-order chi connectivity index (χ1) is 12.4. The molecule has 2 aromatic rings. The summed E-state index contributed by atoms with van der Waals surface area (Å²) in [5, 5.41) is 4.98. The topological polar surface area (TPSA) is 41.5 Å². The summed E-state index contributed by atoms with van der Waals surface area (Å²) in [7, 11) is 0. The van der Waals surface area contributed by atoms with Gasteiger partial charge in [0.15, 0.2) is 0 Å². The predicted molar refractivity (Wildman–Crippen MR) is 113 cm³/mol. The first kappa shape index (κ1) is 20.5. The number of halogens is 1. The van der Waals surface area contributed by atoms with Crippen molar-refractivity contribution in [1.82, 2.24) is 5.43 Å². The van der Waals surface area contributed by atoms with E-state index in [0.717, 1.165) is 28.5 Å². The zero-order chi connectivity index (χ0) is 19.0. The van der Waals surface area contributed by atoms with Crippen LogP contribution in [0.4, 0.5) is 0 Å². The van der Waals surface area contributed by atoms with Crippen molar-refractivity contribution >= 4 is 35.0 Å². The van der Waals surface area contributed by atoms with E-state index in [1.54, 1.807) is 11.8 Å². The number of thioether (sulfide) groups is 1. The van der Waals surface area contributed by atoms with Crippen LogP contribution in [0.1, 0.15) is 38.3 Å². The van der Waals surface area contributed by atoms with Gasteiger partial charge in [-0.05, 0) is 42.0 Å². The van der Waals surface area contributed by atoms with Crippen LogP contribution in [0, 0.1) is 0 Å². The van der Waals surface area contributed by atoms with Gasteiger partial charge in [0.1, 0.15) is 0 Å². The number of hydrogen-bond acceptors (Lipinski definition) is 3. The maximum atomic E-state index is 12.0. The van der Waals surface area contributed by atoms with Crippen molar-refractivity contribution in [3.05, 3.63) is 70.7 Å². The van der Waals surface area contributed by atoms with Crippen LogP contribution in [0.25, 0.3) is 0 Å². The number of hydrazone groups is 1. The average Bonchev–Trinajstić information content (AvgIpc) is 2.62. The minimum Gasteiger partial charge on any atom is -0.272 e. The van der Waals surface area contributed by atoms with Crippen LogP contribution in [0.15, 0.2) is 59.7 Å². The minimum atomic E-state index is -0.0826. The number of carbonyl (C=O) groups excluding carboxylic acids is 1. The summed E-state index contributed by atoms with van der Waals surface area (Å²) < 4.78 is 0. The lowest BCUT2D eigenvalue weighted by molar-refractivity contribution is -0.118. The van der Waals surface area contributed by atoms with Crippen LogP contribution in [0.5, 0.6) is 0 Å². The molecule has 0 spiro atoms. The molecule has 0 aliphatic rings. The van der Waals surface area contributed by atoms with Crippen LogP contribution in [-0.2, 0) is 16.0 Å². The molecule has 2 aromatic carbocycles. The quantitative estimate of drug-likeness (QED) is 0.483. The molecule has 0 bridgehead atoms. The Morgan fingerprint density at radius 2 is 1.77 bits per heavy atom. The Balaban J connectivity index is 1.77. The number of carbonyl (C=O) groups is 1. The van der Waals surface area contributed by atoms with E-state index >= 15 is 0 Å². The second-order valence-corrected chi connectivity index (χ2v) is 8.35. The van der Waals surface area contributed by atoms with Gasteiger partial charge in [-0.2, -0.15) is 5.10 Å². The molecule has 0 atom stereocenters. The number of benzene rings is 2. The molecule has 0 heterocycles. The van der Waals surface area contributed by atoms with Crippen LogP contribution < -0.4 is 5.43 Å². The van der Waals surface area contributed by atoms with Gasteiger partial charge in [-0.15, -0.1) is 11.8 Å². The standard InChI is InChI=1S/C21H25ClN2OS/c1-16(13-21(2,3)18-7-5-4-6-8-18)23-24-20(25)15-26-14-17-9-11-19(22)12-10-17/h4-12H,13-15H2,1-3H3,(H,24,25)/b23-16-. The zero-order valence-electron chi connectivity index (χ0n) is 15.5. The molecule has 0 radical (unpaired) electrons. The highest BCUT2D eigenvalue weighted by molar-refractivity contribution is 7.99. The van der Waals surface area contributed by atoms with E-state index in [-0.39, 0.29) is 11.3 Å². The van der Waals surface area contributed by atoms with Gasteiger partial charge in [0.25, 0.3) is 0 Å². The summed E-state index contributed by atoms with van der Waals surface area (Å²) in [6.07, 6.45) is 0.787. The third-order valence-electron chi connectivity index (χ3n) is 4.04. The Hall–Kier alpha value is -1.78. The minimum absolute atomic E-state index is 0.0249. The zero-order valence-corrected chi connectivity index (χ0v) is 17.0. The van der Waals surface area contributed by atoms with Crippen LogP contribution in [0.2, 0.25) is 5.02 Å². The van der Waals surface area contributed by atoms with Crippen molar-refractivity contribution in [1.29, 1.82) is 0 Å². The highest BCUT2D eigenvalue weighted by Gasteiger charge is 2.21. The van der Waals surface area contributed by atoms with Crippen LogP contribution >= 0.6 is 23.4 Å². The van der Waals surface area contributed by atoms with E-state index in [4.69, 9.17) is 11.6 Å². The van der Waals surface area contributed by atoms with E-state index in [0.29, 0.717) is 5.75 Å². The fraction of sp³-hybridized carbons (Fsp3) is 0.333. The summed E-state index contributed by atoms with van der Waals surface area (Å²) in [4.78, 5) is 12.0. The van der Waals surface area contributed by atoms with Gasteiger partial charge in [0, 0.05) is 16.5 Å². The molecule has 1 amide bonds. The Morgan fingerprint density at radius 3 is 2.42 bits per heavy atom. The third kappa shape index (κ3) is 6.85. The van der Waals surface area contributed by atoms with Crippen molar-refractivity contribution < 1.29 is 4.79 Å². The van der Waals surface area contributed by atoms with E-state index in [1.165, 1.54) is 5.56 Å². The van der Waals surface area contributed by atoms with Crippen molar-refractivity contribution in [2.75, 3.05) is 5.75 Å². The molecule has 1 N–H and O–H groups in total. The van der Waals surface area contributed by atoms with Gasteiger partial charge in [0.2, 0.25) is 5.91 Å². The molecule has 0 aliphatic carbocycles. The molecular formula is C21H25ClN2OS. The molecule has 0 aromatic heterocycles. The predicted octanol–water partition coefficient (Wildman–Crippen LogP) is 5.43. The van der Waals surface area contributed by atoms with Gasteiger partial charge in [0.05, 0.1) is 5.75 Å². The Morgan fingerprint density at radius 1 is 1.12 bits per heavy atom. The number of hydrogen-bond donors (Lipinski definition) is 1. The second-order valence-electron chi connectivity index (χ2n) is 6.93. The largest absolute Gasteiger partial charge is 0.272 e. The lowest BCUT2D eigenvalue weighted by atomic mass is 9.80. The van der Waals surface area contributed by atoms with Crippen LogP contribution in [-0.4, -0.2) is 17.4 Å². The first-order valence-corrected chi connectivity index (χ1v) is 10.1. The smallest absolute Gasteiger partial charge is 0.250 e. The molecule has 0 fully saturated rings. The Bertz CT molecular complexity index is 742. The second kappa shape index (κ2) is 9.79. The highest BCUT2D eigenvalue weighted by atomic mass is 35.5. The molecule has 26 heavy (non-hydrogen) atoms. The lowest BCUT2D eigenvalue weighted by Gasteiger charge is -2.25. The van der Waals surface area contributed by atoms with Crippen molar-refractivity contribution in [2.45, 2.75) is 38.4 Å². The SMILES string of the molecule is C/C(CC(C)(C)c1ccccc1)=N/NC(=O)CSCc1ccc(Cl)cc1. The molecule has 138 valence electrons. The summed E-state index contributed by atoms with van der Waals surface area (Å²) in [6, 6.07) is 18.0.